The van der Waals surface area contributed by atoms with E-state index in [0.29, 0.717) is 11.8 Å². The molecular weight excluding hydrogens is 176 g/mol. The number of hydrogen-bond acceptors (Lipinski definition) is 2. The summed E-state index contributed by atoms with van der Waals surface area (Å²) in [7, 11) is 0. The maximum atomic E-state index is 12.0. The van der Waals surface area contributed by atoms with Gasteiger partial charge in [0.25, 0.3) is 0 Å². The standard InChI is InChI=1S/C11H18N2O/c14-11(13-5-3-12-4-6-13)10-7-9(10)8-1-2-8/h8-10,12H,1-7H2. The lowest BCUT2D eigenvalue weighted by atomic mass is 10.2. The maximum Gasteiger partial charge on any atom is 0.226 e. The van der Waals surface area contributed by atoms with Crippen molar-refractivity contribution >= 4 is 5.91 Å². The maximum absolute atomic E-state index is 12.0. The molecule has 0 bridgehead atoms. The van der Waals surface area contributed by atoms with E-state index in [2.05, 4.69) is 10.2 Å². The molecule has 1 N–H and O–H groups in total. The molecule has 3 heteroatoms. The second-order valence-electron chi connectivity index (χ2n) is 4.92. The van der Waals surface area contributed by atoms with Crippen LogP contribution in [0, 0.1) is 17.8 Å². The van der Waals surface area contributed by atoms with E-state index in [1.54, 1.807) is 0 Å². The van der Waals surface area contributed by atoms with Crippen LogP contribution in [0.2, 0.25) is 0 Å². The molecule has 0 aromatic heterocycles. The highest BCUT2D eigenvalue weighted by molar-refractivity contribution is 5.82. The minimum atomic E-state index is 0.417. The van der Waals surface area contributed by atoms with Gasteiger partial charge in [-0.1, -0.05) is 0 Å². The topological polar surface area (TPSA) is 32.3 Å². The Bertz CT molecular complexity index is 244. The largest absolute Gasteiger partial charge is 0.340 e. The van der Waals surface area contributed by atoms with Gasteiger partial charge in [0, 0.05) is 32.1 Å². The highest BCUT2D eigenvalue weighted by Gasteiger charge is 2.52. The molecule has 1 saturated heterocycles. The predicted octanol–water partition coefficient (Wildman–Crippen LogP) is 0.464. The molecule has 0 aromatic carbocycles. The third-order valence-electron chi connectivity index (χ3n) is 3.81. The van der Waals surface area contributed by atoms with Crippen molar-refractivity contribution < 1.29 is 4.79 Å². The first-order chi connectivity index (χ1) is 6.86. The normalized spacial score (nSPS) is 37.0. The van der Waals surface area contributed by atoms with Gasteiger partial charge in [-0.2, -0.15) is 0 Å². The van der Waals surface area contributed by atoms with Gasteiger partial charge >= 0.3 is 0 Å². The fraction of sp³-hybridized carbons (Fsp3) is 0.909. The van der Waals surface area contributed by atoms with E-state index >= 15 is 0 Å². The molecule has 3 nitrogen and oxygen atoms in total. The summed E-state index contributed by atoms with van der Waals surface area (Å²) in [6, 6.07) is 0. The Morgan fingerprint density at radius 2 is 1.93 bits per heavy atom. The number of amides is 1. The average Bonchev–Trinajstić information content (AvgIpc) is 3.07. The summed E-state index contributed by atoms with van der Waals surface area (Å²) >= 11 is 0. The second-order valence-corrected chi connectivity index (χ2v) is 4.92. The third kappa shape index (κ3) is 1.54. The first kappa shape index (κ1) is 8.72. The van der Waals surface area contributed by atoms with Crippen LogP contribution in [0.1, 0.15) is 19.3 Å². The molecule has 2 unspecified atom stereocenters. The van der Waals surface area contributed by atoms with Crippen molar-refractivity contribution in [1.82, 2.24) is 10.2 Å². The van der Waals surface area contributed by atoms with Crippen LogP contribution in [-0.2, 0) is 4.79 Å². The fourth-order valence-corrected chi connectivity index (χ4v) is 2.66. The van der Waals surface area contributed by atoms with Crippen LogP contribution in [0.4, 0.5) is 0 Å². The van der Waals surface area contributed by atoms with E-state index in [1.165, 1.54) is 19.3 Å². The number of nitrogens with one attached hydrogen (secondary N) is 1. The monoisotopic (exact) mass is 194 g/mol. The Labute approximate surface area is 84.8 Å². The third-order valence-corrected chi connectivity index (χ3v) is 3.81. The number of carbonyl (C=O) groups excluding carboxylic acids is 1. The van der Waals surface area contributed by atoms with E-state index in [4.69, 9.17) is 0 Å². The smallest absolute Gasteiger partial charge is 0.226 e. The Morgan fingerprint density at radius 3 is 2.57 bits per heavy atom. The molecule has 1 heterocycles. The zero-order chi connectivity index (χ0) is 9.54. The van der Waals surface area contributed by atoms with Gasteiger partial charge in [0.2, 0.25) is 5.91 Å². The molecule has 1 amide bonds. The van der Waals surface area contributed by atoms with Crippen molar-refractivity contribution in [2.24, 2.45) is 17.8 Å². The molecular formula is C11H18N2O. The highest BCUT2D eigenvalue weighted by Crippen LogP contribution is 2.54. The van der Waals surface area contributed by atoms with Crippen molar-refractivity contribution in [2.75, 3.05) is 26.2 Å². The first-order valence-corrected chi connectivity index (χ1v) is 5.86. The molecule has 0 radical (unpaired) electrons. The SMILES string of the molecule is O=C(C1CC1C1CC1)N1CCNCC1. The predicted molar refractivity (Wildman–Crippen MR) is 53.8 cm³/mol. The van der Waals surface area contributed by atoms with Gasteiger partial charge in [0.15, 0.2) is 0 Å². The number of rotatable bonds is 2. The van der Waals surface area contributed by atoms with Gasteiger partial charge in [0.1, 0.15) is 0 Å². The summed E-state index contributed by atoms with van der Waals surface area (Å²) in [6.45, 7) is 3.80. The molecule has 2 atom stereocenters. The van der Waals surface area contributed by atoms with Crippen molar-refractivity contribution in [3.63, 3.8) is 0 Å². The molecule has 2 saturated carbocycles. The van der Waals surface area contributed by atoms with Crippen LogP contribution in [0.25, 0.3) is 0 Å². The van der Waals surface area contributed by atoms with E-state index in [9.17, 15) is 4.79 Å². The Kier molecular flexibility index (Phi) is 2.01. The van der Waals surface area contributed by atoms with Gasteiger partial charge in [-0.3, -0.25) is 4.79 Å². The minimum absolute atomic E-state index is 0.417. The molecule has 3 fully saturated rings. The minimum Gasteiger partial charge on any atom is -0.340 e. The van der Waals surface area contributed by atoms with Gasteiger partial charge in [-0.05, 0) is 31.1 Å². The highest BCUT2D eigenvalue weighted by atomic mass is 16.2. The van der Waals surface area contributed by atoms with Crippen molar-refractivity contribution in [3.8, 4) is 0 Å². The van der Waals surface area contributed by atoms with Crippen molar-refractivity contribution in [3.05, 3.63) is 0 Å². The summed E-state index contributed by atoms with van der Waals surface area (Å²) in [5.74, 6) is 2.56. The summed E-state index contributed by atoms with van der Waals surface area (Å²) in [6.07, 6.45) is 3.96. The Hall–Kier alpha value is -0.570. The van der Waals surface area contributed by atoms with Crippen LogP contribution in [0.15, 0.2) is 0 Å². The lowest BCUT2D eigenvalue weighted by molar-refractivity contribution is -0.133. The number of carbonyl (C=O) groups is 1. The molecule has 2 aliphatic carbocycles. The van der Waals surface area contributed by atoms with Gasteiger partial charge in [-0.25, -0.2) is 0 Å². The first-order valence-electron chi connectivity index (χ1n) is 5.86. The molecule has 3 rings (SSSR count). The molecule has 0 spiro atoms. The molecule has 14 heavy (non-hydrogen) atoms. The van der Waals surface area contributed by atoms with Crippen molar-refractivity contribution in [2.45, 2.75) is 19.3 Å². The Balaban J connectivity index is 1.54. The summed E-state index contributed by atoms with van der Waals surface area (Å²) in [4.78, 5) is 14.1. The van der Waals surface area contributed by atoms with Gasteiger partial charge in [0.05, 0.1) is 0 Å². The van der Waals surface area contributed by atoms with E-state index in [-0.39, 0.29) is 0 Å². The number of hydrogen-bond donors (Lipinski definition) is 1. The zero-order valence-electron chi connectivity index (χ0n) is 8.54. The molecule has 1 aliphatic heterocycles. The van der Waals surface area contributed by atoms with E-state index in [0.717, 1.165) is 38.0 Å². The molecule has 0 aromatic rings. The van der Waals surface area contributed by atoms with Crippen molar-refractivity contribution in [1.29, 1.82) is 0 Å². The van der Waals surface area contributed by atoms with Crippen LogP contribution in [0.5, 0.6) is 0 Å². The van der Waals surface area contributed by atoms with Gasteiger partial charge in [-0.15, -0.1) is 0 Å². The second kappa shape index (κ2) is 3.23. The molecule has 3 aliphatic rings. The quantitative estimate of drug-likeness (QED) is 0.693. The van der Waals surface area contributed by atoms with Gasteiger partial charge < -0.3 is 10.2 Å². The van der Waals surface area contributed by atoms with Crippen LogP contribution < -0.4 is 5.32 Å². The summed E-state index contributed by atoms with van der Waals surface area (Å²) in [5, 5.41) is 3.28. The van der Waals surface area contributed by atoms with E-state index in [1.807, 2.05) is 0 Å². The van der Waals surface area contributed by atoms with Crippen LogP contribution in [-0.4, -0.2) is 37.0 Å². The lowest BCUT2D eigenvalue weighted by Crippen LogP contribution is -2.47. The molecule has 78 valence electrons. The zero-order valence-corrected chi connectivity index (χ0v) is 8.54. The lowest BCUT2D eigenvalue weighted by Gasteiger charge is -2.27. The van der Waals surface area contributed by atoms with E-state index < -0.39 is 0 Å². The Morgan fingerprint density at radius 1 is 1.21 bits per heavy atom. The average molecular weight is 194 g/mol. The van der Waals surface area contributed by atoms with Crippen LogP contribution >= 0.6 is 0 Å². The van der Waals surface area contributed by atoms with Crippen LogP contribution in [0.3, 0.4) is 0 Å². The fourth-order valence-electron chi connectivity index (χ4n) is 2.66. The summed E-state index contributed by atoms with van der Waals surface area (Å²) < 4.78 is 0. The number of nitrogens with zero attached hydrogens (tertiary/aromatic N) is 1. The summed E-state index contributed by atoms with van der Waals surface area (Å²) in [5.41, 5.74) is 0. The number of piperazine rings is 1.